The minimum atomic E-state index is -0.608. The molecular formula is C15H25IN4O. The topological polar surface area (TPSA) is 79.5 Å². The molecule has 0 unspecified atom stereocenters. The first kappa shape index (κ1) is 19.7. The minimum Gasteiger partial charge on any atom is -0.369 e. The molecule has 0 atom stereocenters. The van der Waals surface area contributed by atoms with Gasteiger partial charge in [-0.05, 0) is 26.3 Å². The number of carbonyl (C=O) groups excluding carboxylic acids is 1. The third-order valence-electron chi connectivity index (χ3n) is 2.97. The largest absolute Gasteiger partial charge is 0.369 e. The molecule has 0 aliphatic rings. The van der Waals surface area contributed by atoms with Crippen LogP contribution in [0.2, 0.25) is 0 Å². The summed E-state index contributed by atoms with van der Waals surface area (Å²) in [6, 6.07) is 10.0. The van der Waals surface area contributed by atoms with E-state index in [9.17, 15) is 4.79 Å². The van der Waals surface area contributed by atoms with Crippen LogP contribution in [0.15, 0.2) is 35.3 Å². The van der Waals surface area contributed by atoms with Crippen LogP contribution >= 0.6 is 24.0 Å². The van der Waals surface area contributed by atoms with E-state index in [0.717, 1.165) is 12.1 Å². The molecule has 0 saturated carbocycles. The fourth-order valence-corrected chi connectivity index (χ4v) is 1.49. The highest BCUT2D eigenvalue weighted by atomic mass is 127. The first-order valence-corrected chi connectivity index (χ1v) is 6.81. The molecule has 0 aliphatic carbocycles. The number of nitrogens with zero attached hydrogens (tertiary/aromatic N) is 1. The number of benzene rings is 1. The number of hydrogen-bond donors (Lipinski definition) is 3. The van der Waals surface area contributed by atoms with Crippen LogP contribution in [0, 0.1) is 5.41 Å². The summed E-state index contributed by atoms with van der Waals surface area (Å²) in [5, 5.41) is 6.30. The van der Waals surface area contributed by atoms with E-state index in [4.69, 9.17) is 5.73 Å². The van der Waals surface area contributed by atoms with E-state index >= 15 is 0 Å². The molecule has 0 aliphatic heterocycles. The lowest BCUT2D eigenvalue weighted by Crippen LogP contribution is -2.46. The molecule has 21 heavy (non-hydrogen) atoms. The number of amides is 1. The summed E-state index contributed by atoms with van der Waals surface area (Å²) < 4.78 is 0. The van der Waals surface area contributed by atoms with E-state index in [1.807, 2.05) is 51.1 Å². The molecule has 1 rings (SSSR count). The molecule has 118 valence electrons. The predicted molar refractivity (Wildman–Crippen MR) is 97.7 cm³/mol. The molecule has 6 heteroatoms. The van der Waals surface area contributed by atoms with Crippen molar-refractivity contribution in [3.63, 3.8) is 0 Å². The molecule has 0 radical (unpaired) electrons. The van der Waals surface area contributed by atoms with Crippen LogP contribution < -0.4 is 16.4 Å². The zero-order valence-electron chi connectivity index (χ0n) is 12.8. The maximum atomic E-state index is 11.3. The van der Waals surface area contributed by atoms with Gasteiger partial charge in [-0.15, -0.1) is 24.0 Å². The maximum Gasteiger partial charge on any atom is 0.224 e. The second-order valence-corrected chi connectivity index (χ2v) is 5.28. The lowest BCUT2D eigenvalue weighted by atomic mass is 9.93. The molecule has 0 bridgehead atoms. The zero-order valence-corrected chi connectivity index (χ0v) is 15.2. The van der Waals surface area contributed by atoms with Crippen molar-refractivity contribution in [2.75, 3.05) is 13.1 Å². The number of nitrogens with two attached hydrogens (primary N) is 1. The number of halogens is 1. The fraction of sp³-hybridized carbons (Fsp3) is 0.467. The number of hydrogen-bond acceptors (Lipinski definition) is 2. The molecular weight excluding hydrogens is 379 g/mol. The number of aliphatic imine (C=N–C) groups is 1. The van der Waals surface area contributed by atoms with Crippen molar-refractivity contribution in [3.05, 3.63) is 35.9 Å². The van der Waals surface area contributed by atoms with Gasteiger partial charge >= 0.3 is 0 Å². The molecule has 0 spiro atoms. The number of rotatable bonds is 6. The van der Waals surface area contributed by atoms with Crippen molar-refractivity contribution in [1.29, 1.82) is 0 Å². The summed E-state index contributed by atoms with van der Waals surface area (Å²) in [6.07, 6.45) is 0. The van der Waals surface area contributed by atoms with Crippen LogP contribution in [0.25, 0.3) is 0 Å². The van der Waals surface area contributed by atoms with Gasteiger partial charge in [0, 0.05) is 13.1 Å². The van der Waals surface area contributed by atoms with Crippen molar-refractivity contribution in [2.24, 2.45) is 16.1 Å². The molecule has 1 amide bonds. The Labute approximate surface area is 143 Å². The van der Waals surface area contributed by atoms with Crippen molar-refractivity contribution in [2.45, 2.75) is 27.3 Å². The summed E-state index contributed by atoms with van der Waals surface area (Å²) in [5.74, 6) is 0.356. The van der Waals surface area contributed by atoms with Crippen LogP contribution in [0.4, 0.5) is 0 Å². The molecule has 0 saturated heterocycles. The van der Waals surface area contributed by atoms with Gasteiger partial charge in [0.1, 0.15) is 0 Å². The standard InChI is InChI=1S/C15H24N4O.HI/c1-4-17-14(19-11-15(2,3)13(16)20)18-10-12-8-6-5-7-9-12;/h5-9H,4,10-11H2,1-3H3,(H2,16,20)(H2,17,18,19);1H. The Balaban J connectivity index is 0.00000400. The highest BCUT2D eigenvalue weighted by Gasteiger charge is 2.24. The average molecular weight is 404 g/mol. The molecule has 1 aromatic rings. The Morgan fingerprint density at radius 1 is 1.24 bits per heavy atom. The monoisotopic (exact) mass is 404 g/mol. The van der Waals surface area contributed by atoms with E-state index < -0.39 is 5.41 Å². The first-order chi connectivity index (χ1) is 9.45. The van der Waals surface area contributed by atoms with Gasteiger partial charge in [0.15, 0.2) is 5.96 Å². The minimum absolute atomic E-state index is 0. The SMILES string of the molecule is CCNC(=NCc1ccccc1)NCC(C)(C)C(N)=O.I. The second-order valence-electron chi connectivity index (χ2n) is 5.28. The second kappa shape index (κ2) is 9.59. The summed E-state index contributed by atoms with van der Waals surface area (Å²) in [6.45, 7) is 7.42. The van der Waals surface area contributed by atoms with E-state index in [1.54, 1.807) is 0 Å². The van der Waals surface area contributed by atoms with Crippen LogP contribution in [0.3, 0.4) is 0 Å². The van der Waals surface area contributed by atoms with Crippen molar-refractivity contribution in [3.8, 4) is 0 Å². The zero-order chi connectivity index (χ0) is 15.0. The van der Waals surface area contributed by atoms with Gasteiger partial charge in [0.2, 0.25) is 5.91 Å². The average Bonchev–Trinajstić information content (AvgIpc) is 2.43. The molecule has 5 nitrogen and oxygen atoms in total. The molecule has 0 heterocycles. The molecule has 4 N–H and O–H groups in total. The van der Waals surface area contributed by atoms with Crippen LogP contribution in [0.1, 0.15) is 26.3 Å². The van der Waals surface area contributed by atoms with Gasteiger partial charge in [-0.3, -0.25) is 4.79 Å². The summed E-state index contributed by atoms with van der Waals surface area (Å²) in [5.41, 5.74) is 5.89. The third kappa shape index (κ3) is 7.31. The Hall–Kier alpha value is -1.31. The number of primary amides is 1. The number of carbonyl (C=O) groups is 1. The highest BCUT2D eigenvalue weighted by molar-refractivity contribution is 14.0. The van der Waals surface area contributed by atoms with E-state index in [-0.39, 0.29) is 29.9 Å². The lowest BCUT2D eigenvalue weighted by molar-refractivity contribution is -0.125. The summed E-state index contributed by atoms with van der Waals surface area (Å²) in [7, 11) is 0. The molecule has 1 aromatic carbocycles. The van der Waals surface area contributed by atoms with Gasteiger partial charge in [-0.1, -0.05) is 30.3 Å². The van der Waals surface area contributed by atoms with E-state index in [1.165, 1.54) is 0 Å². The molecule has 0 fully saturated rings. The van der Waals surface area contributed by atoms with Gasteiger partial charge in [0.25, 0.3) is 0 Å². The first-order valence-electron chi connectivity index (χ1n) is 6.81. The molecule has 0 aromatic heterocycles. The van der Waals surface area contributed by atoms with Crippen LogP contribution in [-0.2, 0) is 11.3 Å². The van der Waals surface area contributed by atoms with Gasteiger partial charge in [-0.2, -0.15) is 0 Å². The van der Waals surface area contributed by atoms with Crippen molar-refractivity contribution >= 4 is 35.8 Å². The smallest absolute Gasteiger partial charge is 0.224 e. The van der Waals surface area contributed by atoms with Crippen LogP contribution in [0.5, 0.6) is 0 Å². The fourth-order valence-electron chi connectivity index (χ4n) is 1.49. The van der Waals surface area contributed by atoms with Crippen LogP contribution in [-0.4, -0.2) is 25.0 Å². The van der Waals surface area contributed by atoms with Gasteiger partial charge in [-0.25, -0.2) is 4.99 Å². The summed E-state index contributed by atoms with van der Waals surface area (Å²) in [4.78, 5) is 15.8. The van der Waals surface area contributed by atoms with Gasteiger partial charge in [0.05, 0.1) is 12.0 Å². The third-order valence-corrected chi connectivity index (χ3v) is 2.97. The van der Waals surface area contributed by atoms with Crippen molar-refractivity contribution < 1.29 is 4.79 Å². The van der Waals surface area contributed by atoms with Crippen molar-refractivity contribution in [1.82, 2.24) is 10.6 Å². The lowest BCUT2D eigenvalue weighted by Gasteiger charge is -2.22. The number of guanidine groups is 1. The summed E-state index contributed by atoms with van der Waals surface area (Å²) >= 11 is 0. The normalized spacial score (nSPS) is 11.5. The van der Waals surface area contributed by atoms with Gasteiger partial charge < -0.3 is 16.4 Å². The quantitative estimate of drug-likeness (QED) is 0.385. The predicted octanol–water partition coefficient (Wildman–Crippen LogP) is 1.87. The Bertz CT molecular complexity index is 460. The Morgan fingerprint density at radius 2 is 1.86 bits per heavy atom. The Kier molecular flexibility index (Phi) is 9.00. The highest BCUT2D eigenvalue weighted by Crippen LogP contribution is 2.11. The number of nitrogens with one attached hydrogen (secondary N) is 2. The Morgan fingerprint density at radius 3 is 2.38 bits per heavy atom. The van der Waals surface area contributed by atoms with E-state index in [0.29, 0.717) is 19.0 Å². The van der Waals surface area contributed by atoms with E-state index in [2.05, 4.69) is 15.6 Å². The maximum absolute atomic E-state index is 11.3.